The van der Waals surface area contributed by atoms with Gasteiger partial charge in [0.2, 0.25) is 0 Å². The molecule has 0 spiro atoms. The van der Waals surface area contributed by atoms with Crippen LogP contribution in [-0.2, 0) is 22.6 Å². The van der Waals surface area contributed by atoms with E-state index in [2.05, 4.69) is 20.1 Å². The predicted molar refractivity (Wildman–Crippen MR) is 144 cm³/mol. The van der Waals surface area contributed by atoms with Gasteiger partial charge in [0.05, 0.1) is 13.2 Å². The highest BCUT2D eigenvalue weighted by molar-refractivity contribution is 5.94. The van der Waals surface area contributed by atoms with Crippen molar-refractivity contribution in [2.24, 2.45) is 5.73 Å². The van der Waals surface area contributed by atoms with Crippen molar-refractivity contribution in [2.75, 3.05) is 13.4 Å². The molecule has 2 aromatic carbocycles. The summed E-state index contributed by atoms with van der Waals surface area (Å²) in [5.74, 6) is 0.712. The molecule has 2 aromatic heterocycles. The molecule has 5 N–H and O–H groups in total. The number of H-pyrrole nitrogens is 1. The van der Waals surface area contributed by atoms with Gasteiger partial charge in [-0.15, -0.1) is 9.78 Å². The van der Waals surface area contributed by atoms with Crippen LogP contribution in [0.1, 0.15) is 47.8 Å². The van der Waals surface area contributed by atoms with Gasteiger partial charge in [-0.05, 0) is 42.7 Å². The Morgan fingerprint density at radius 2 is 1.95 bits per heavy atom. The first kappa shape index (κ1) is 28.0. The molecular weight excluding hydrogens is 518 g/mol. The van der Waals surface area contributed by atoms with E-state index in [1.54, 1.807) is 30.6 Å². The summed E-state index contributed by atoms with van der Waals surface area (Å²) in [5.41, 5.74) is 8.50. The second kappa shape index (κ2) is 12.7. The van der Waals surface area contributed by atoms with Crippen LogP contribution in [0.15, 0.2) is 59.7 Å². The Bertz CT molecular complexity index is 1530. The molecular formula is C27H29N7O6. The van der Waals surface area contributed by atoms with Crippen LogP contribution in [0.5, 0.6) is 11.5 Å². The number of nitrogen functional groups attached to an aromatic ring is 1. The fraction of sp³-hybridized carbons (Fsp3) is 0.259. The number of hydrogen-bond donors (Lipinski definition) is 4. The number of nitrogens with zero attached hydrogens (tertiary/aromatic N) is 4. The highest BCUT2D eigenvalue weighted by Crippen LogP contribution is 2.39. The molecule has 0 amide bonds. The zero-order valence-corrected chi connectivity index (χ0v) is 22.0. The number of carbonyl (C=O) groups is 1. The SMILES string of the molecule is CC(=O)O.CCOc1cc(C(Cc2ccc(C(=N)N)cc2)c2nn(-c3ncccn3)c(=O)[nH]2)cc2c1OCOC2. The van der Waals surface area contributed by atoms with Gasteiger partial charge in [0.1, 0.15) is 11.7 Å². The third kappa shape index (κ3) is 6.69. The number of carboxylic acid groups (broad SMARTS) is 1. The molecule has 0 radical (unpaired) electrons. The Morgan fingerprint density at radius 3 is 2.60 bits per heavy atom. The number of benzene rings is 2. The lowest BCUT2D eigenvalue weighted by Gasteiger charge is -2.24. The molecule has 3 heterocycles. The van der Waals surface area contributed by atoms with E-state index in [4.69, 9.17) is 35.3 Å². The molecule has 208 valence electrons. The van der Waals surface area contributed by atoms with Crippen LogP contribution in [0, 0.1) is 5.41 Å². The van der Waals surface area contributed by atoms with Crippen molar-refractivity contribution < 1.29 is 24.1 Å². The molecule has 1 aliphatic rings. The van der Waals surface area contributed by atoms with Crippen molar-refractivity contribution in [2.45, 2.75) is 32.8 Å². The van der Waals surface area contributed by atoms with Crippen molar-refractivity contribution >= 4 is 11.8 Å². The average molecular weight is 548 g/mol. The average Bonchev–Trinajstić information content (AvgIpc) is 3.33. The van der Waals surface area contributed by atoms with Crippen LogP contribution in [-0.4, -0.2) is 55.0 Å². The molecule has 1 aliphatic heterocycles. The Kier molecular flexibility index (Phi) is 8.86. The summed E-state index contributed by atoms with van der Waals surface area (Å²) in [6.07, 6.45) is 3.61. The van der Waals surface area contributed by atoms with E-state index in [0.29, 0.717) is 42.5 Å². The summed E-state index contributed by atoms with van der Waals surface area (Å²) in [7, 11) is 0. The maximum Gasteiger partial charge on any atom is 0.350 e. The minimum atomic E-state index is -0.833. The summed E-state index contributed by atoms with van der Waals surface area (Å²) in [5, 5.41) is 19.6. The number of rotatable bonds is 8. The molecule has 13 nitrogen and oxygen atoms in total. The maximum atomic E-state index is 12.8. The van der Waals surface area contributed by atoms with Gasteiger partial charge in [-0.25, -0.2) is 14.8 Å². The number of nitrogens with two attached hydrogens (primary N) is 1. The summed E-state index contributed by atoms with van der Waals surface area (Å²) in [4.78, 5) is 33.0. The first-order valence-corrected chi connectivity index (χ1v) is 12.4. The lowest BCUT2D eigenvalue weighted by Crippen LogP contribution is -2.18. The van der Waals surface area contributed by atoms with Gasteiger partial charge in [-0.2, -0.15) is 0 Å². The van der Waals surface area contributed by atoms with Crippen molar-refractivity contribution in [1.82, 2.24) is 24.7 Å². The Morgan fingerprint density at radius 1 is 1.25 bits per heavy atom. The number of ether oxygens (including phenoxy) is 3. The van der Waals surface area contributed by atoms with Crippen LogP contribution in [0.4, 0.5) is 0 Å². The fourth-order valence-electron chi connectivity index (χ4n) is 4.13. The second-order valence-corrected chi connectivity index (χ2v) is 8.71. The number of nitrogens with one attached hydrogen (secondary N) is 2. The van der Waals surface area contributed by atoms with Crippen LogP contribution in [0.3, 0.4) is 0 Å². The maximum absolute atomic E-state index is 12.8. The van der Waals surface area contributed by atoms with Gasteiger partial charge in [0.25, 0.3) is 11.9 Å². The van der Waals surface area contributed by atoms with Gasteiger partial charge in [-0.3, -0.25) is 15.2 Å². The van der Waals surface area contributed by atoms with E-state index in [1.165, 1.54) is 0 Å². The number of aromatic amines is 1. The summed E-state index contributed by atoms with van der Waals surface area (Å²) in [6.45, 7) is 4.00. The van der Waals surface area contributed by atoms with Crippen LogP contribution in [0.25, 0.3) is 5.95 Å². The van der Waals surface area contributed by atoms with Crippen LogP contribution < -0.4 is 20.9 Å². The van der Waals surface area contributed by atoms with Crippen LogP contribution >= 0.6 is 0 Å². The zero-order chi connectivity index (χ0) is 28.6. The molecule has 13 heteroatoms. The molecule has 4 aromatic rings. The summed E-state index contributed by atoms with van der Waals surface area (Å²) >= 11 is 0. The first-order valence-electron chi connectivity index (χ1n) is 12.4. The van der Waals surface area contributed by atoms with E-state index in [0.717, 1.165) is 28.3 Å². The normalized spacial score (nSPS) is 12.8. The standard InChI is InChI=1S/C25H25N7O4.C2H4O2/c1-2-35-20-12-17(11-18-13-34-14-36-21(18)20)19(10-15-4-6-16(7-5-15)22(26)27)23-30-25(33)32(31-23)24-28-8-3-9-29-24;1-2(3)4/h3-9,11-12,19H,2,10,13-14H2,1H3,(H3,26,27)(H,30,31,33);1H3,(H,3,4). The Balaban J connectivity index is 0.000000867. The number of carboxylic acids is 1. The number of fused-ring (bicyclic) bond motifs is 1. The zero-order valence-electron chi connectivity index (χ0n) is 22.0. The minimum absolute atomic E-state index is 0.0000719. The molecule has 1 atom stereocenters. The third-order valence-corrected chi connectivity index (χ3v) is 5.81. The summed E-state index contributed by atoms with van der Waals surface area (Å²) < 4.78 is 18.2. The Hall–Kier alpha value is -5.04. The third-order valence-electron chi connectivity index (χ3n) is 5.81. The number of aliphatic carboxylic acids is 1. The highest BCUT2D eigenvalue weighted by atomic mass is 16.7. The second-order valence-electron chi connectivity index (χ2n) is 8.71. The van der Waals surface area contributed by atoms with E-state index in [-0.39, 0.29) is 24.5 Å². The molecule has 0 fully saturated rings. The smallest absolute Gasteiger partial charge is 0.350 e. The van der Waals surface area contributed by atoms with Gasteiger partial charge >= 0.3 is 5.69 Å². The molecule has 1 unspecified atom stereocenters. The monoisotopic (exact) mass is 547 g/mol. The largest absolute Gasteiger partial charge is 0.490 e. The van der Waals surface area contributed by atoms with Gasteiger partial charge < -0.3 is 25.1 Å². The van der Waals surface area contributed by atoms with Crippen molar-refractivity contribution in [1.29, 1.82) is 5.41 Å². The highest BCUT2D eigenvalue weighted by Gasteiger charge is 2.26. The lowest BCUT2D eigenvalue weighted by molar-refractivity contribution is -0.134. The first-order chi connectivity index (χ1) is 19.3. The van der Waals surface area contributed by atoms with Crippen LogP contribution in [0.2, 0.25) is 0 Å². The molecule has 40 heavy (non-hydrogen) atoms. The molecule has 0 saturated heterocycles. The Labute approximate surface area is 229 Å². The van der Waals surface area contributed by atoms with Gasteiger partial charge in [0, 0.05) is 36.4 Å². The van der Waals surface area contributed by atoms with Crippen molar-refractivity contribution in [3.05, 3.63) is 93.4 Å². The van der Waals surface area contributed by atoms with E-state index < -0.39 is 11.7 Å². The molecule has 0 saturated carbocycles. The summed E-state index contributed by atoms with van der Waals surface area (Å²) in [6, 6.07) is 13.0. The number of hydrogen-bond acceptors (Lipinski definition) is 9. The van der Waals surface area contributed by atoms with Gasteiger partial charge in [-0.1, -0.05) is 24.3 Å². The van der Waals surface area contributed by atoms with Crippen molar-refractivity contribution in [3.8, 4) is 17.4 Å². The van der Waals surface area contributed by atoms with E-state index in [9.17, 15) is 4.79 Å². The lowest BCUT2D eigenvalue weighted by atomic mass is 9.89. The fourth-order valence-corrected chi connectivity index (χ4v) is 4.13. The number of aromatic nitrogens is 5. The van der Waals surface area contributed by atoms with E-state index in [1.807, 2.05) is 31.2 Å². The molecule has 5 rings (SSSR count). The predicted octanol–water partition coefficient (Wildman–Crippen LogP) is 2.37. The van der Waals surface area contributed by atoms with E-state index >= 15 is 0 Å². The topological polar surface area (TPSA) is 191 Å². The molecule has 0 aliphatic carbocycles. The number of amidine groups is 1. The van der Waals surface area contributed by atoms with Gasteiger partial charge in [0.15, 0.2) is 18.3 Å². The minimum Gasteiger partial charge on any atom is -0.490 e. The molecule has 0 bridgehead atoms. The quantitative estimate of drug-likeness (QED) is 0.188. The van der Waals surface area contributed by atoms with Crippen molar-refractivity contribution in [3.63, 3.8) is 0 Å².